The Hall–Kier alpha value is -1.02. The maximum atomic E-state index is 3.45. The summed E-state index contributed by atoms with van der Waals surface area (Å²) in [5.74, 6) is 0. The van der Waals surface area contributed by atoms with E-state index < -0.39 is 0 Å². The Bertz CT molecular complexity index is 322. The summed E-state index contributed by atoms with van der Waals surface area (Å²) in [7, 11) is 2.17. The fraction of sp³-hybridized carbons (Fsp3) is 0.600. The minimum Gasteiger partial charge on any atom is -0.375 e. The summed E-state index contributed by atoms with van der Waals surface area (Å²) in [6, 6.07) is 9.33. The molecule has 1 atom stereocenters. The number of rotatable bonds is 7. The van der Waals surface area contributed by atoms with Gasteiger partial charge in [0.25, 0.3) is 0 Å². The van der Waals surface area contributed by atoms with Gasteiger partial charge >= 0.3 is 0 Å². The standard InChI is InChI=1S/C15H26N2/c1-5-16-14(3)9-7-11-17(4)15-10-6-8-13(2)12-15/h6,8,10,12,14,16H,5,7,9,11H2,1-4H3. The molecule has 0 amide bonds. The van der Waals surface area contributed by atoms with Crippen LogP contribution in [0.25, 0.3) is 0 Å². The van der Waals surface area contributed by atoms with Crippen LogP contribution in [0.2, 0.25) is 0 Å². The Morgan fingerprint density at radius 1 is 1.35 bits per heavy atom. The van der Waals surface area contributed by atoms with Crippen LogP contribution < -0.4 is 10.2 Å². The lowest BCUT2D eigenvalue weighted by Gasteiger charge is -2.21. The molecule has 0 fully saturated rings. The molecule has 0 aliphatic heterocycles. The fourth-order valence-electron chi connectivity index (χ4n) is 2.08. The van der Waals surface area contributed by atoms with Crippen molar-refractivity contribution >= 4 is 5.69 Å². The first-order chi connectivity index (χ1) is 8.13. The van der Waals surface area contributed by atoms with Crippen molar-refractivity contribution in [3.63, 3.8) is 0 Å². The number of nitrogens with zero attached hydrogens (tertiary/aromatic N) is 1. The normalized spacial score (nSPS) is 12.5. The van der Waals surface area contributed by atoms with Crippen molar-refractivity contribution in [2.24, 2.45) is 0 Å². The molecule has 0 aromatic heterocycles. The molecule has 1 aromatic carbocycles. The predicted molar refractivity (Wildman–Crippen MR) is 76.8 cm³/mol. The van der Waals surface area contributed by atoms with Crippen LogP contribution in [0.4, 0.5) is 5.69 Å². The molecule has 0 saturated heterocycles. The Balaban J connectivity index is 2.32. The second kappa shape index (κ2) is 7.33. The Morgan fingerprint density at radius 2 is 2.12 bits per heavy atom. The van der Waals surface area contributed by atoms with Crippen LogP contribution in [0.15, 0.2) is 24.3 Å². The SMILES string of the molecule is CCNC(C)CCCN(C)c1cccc(C)c1. The molecule has 2 heteroatoms. The van der Waals surface area contributed by atoms with Crippen molar-refractivity contribution in [2.75, 3.05) is 25.0 Å². The summed E-state index contributed by atoms with van der Waals surface area (Å²) in [6.07, 6.45) is 2.47. The molecule has 0 saturated carbocycles. The molecular weight excluding hydrogens is 208 g/mol. The van der Waals surface area contributed by atoms with Crippen LogP contribution in [-0.2, 0) is 0 Å². The quantitative estimate of drug-likeness (QED) is 0.779. The number of benzene rings is 1. The van der Waals surface area contributed by atoms with Crippen LogP contribution >= 0.6 is 0 Å². The molecule has 17 heavy (non-hydrogen) atoms. The van der Waals surface area contributed by atoms with E-state index in [1.54, 1.807) is 0 Å². The monoisotopic (exact) mass is 234 g/mol. The summed E-state index contributed by atoms with van der Waals surface area (Å²) >= 11 is 0. The number of anilines is 1. The topological polar surface area (TPSA) is 15.3 Å². The van der Waals surface area contributed by atoms with Gasteiger partial charge in [-0.05, 0) is 50.9 Å². The molecule has 0 radical (unpaired) electrons. The van der Waals surface area contributed by atoms with Crippen LogP contribution in [0.1, 0.15) is 32.3 Å². The molecule has 1 rings (SSSR count). The van der Waals surface area contributed by atoms with Gasteiger partial charge in [-0.1, -0.05) is 19.1 Å². The average Bonchev–Trinajstić information content (AvgIpc) is 2.29. The van der Waals surface area contributed by atoms with E-state index in [-0.39, 0.29) is 0 Å². The van der Waals surface area contributed by atoms with E-state index in [4.69, 9.17) is 0 Å². The van der Waals surface area contributed by atoms with E-state index in [2.05, 4.69) is 62.3 Å². The smallest absolute Gasteiger partial charge is 0.0366 e. The lowest BCUT2D eigenvalue weighted by atomic mass is 10.1. The van der Waals surface area contributed by atoms with Gasteiger partial charge in [0.15, 0.2) is 0 Å². The largest absolute Gasteiger partial charge is 0.375 e. The van der Waals surface area contributed by atoms with E-state index in [1.165, 1.54) is 24.1 Å². The summed E-state index contributed by atoms with van der Waals surface area (Å²) in [6.45, 7) is 8.75. The van der Waals surface area contributed by atoms with E-state index >= 15 is 0 Å². The van der Waals surface area contributed by atoms with Crippen molar-refractivity contribution in [1.29, 1.82) is 0 Å². The molecule has 0 spiro atoms. The van der Waals surface area contributed by atoms with Crippen molar-refractivity contribution in [3.8, 4) is 0 Å². The van der Waals surface area contributed by atoms with Gasteiger partial charge in [0, 0.05) is 25.3 Å². The molecule has 0 bridgehead atoms. The van der Waals surface area contributed by atoms with Gasteiger partial charge in [-0.15, -0.1) is 0 Å². The third-order valence-electron chi connectivity index (χ3n) is 3.13. The lowest BCUT2D eigenvalue weighted by Crippen LogP contribution is -2.27. The highest BCUT2D eigenvalue weighted by molar-refractivity contribution is 5.47. The first kappa shape index (κ1) is 14.0. The van der Waals surface area contributed by atoms with Gasteiger partial charge in [-0.2, -0.15) is 0 Å². The lowest BCUT2D eigenvalue weighted by molar-refractivity contribution is 0.513. The second-order valence-electron chi connectivity index (χ2n) is 4.86. The van der Waals surface area contributed by atoms with Crippen LogP contribution in [0, 0.1) is 6.92 Å². The first-order valence-electron chi connectivity index (χ1n) is 6.64. The zero-order valence-corrected chi connectivity index (χ0v) is 11.7. The Labute approximate surface area is 106 Å². The zero-order valence-electron chi connectivity index (χ0n) is 11.7. The summed E-state index contributed by atoms with van der Waals surface area (Å²) < 4.78 is 0. The van der Waals surface area contributed by atoms with Crippen LogP contribution in [0.5, 0.6) is 0 Å². The minimum atomic E-state index is 0.630. The van der Waals surface area contributed by atoms with Gasteiger partial charge in [-0.25, -0.2) is 0 Å². The maximum absolute atomic E-state index is 3.45. The molecule has 1 N–H and O–H groups in total. The molecule has 0 aliphatic carbocycles. The number of hydrogen-bond acceptors (Lipinski definition) is 2. The van der Waals surface area contributed by atoms with Gasteiger partial charge in [0.05, 0.1) is 0 Å². The highest BCUT2D eigenvalue weighted by Gasteiger charge is 2.03. The maximum Gasteiger partial charge on any atom is 0.0366 e. The predicted octanol–water partition coefficient (Wildman–Crippen LogP) is 3.21. The summed E-state index contributed by atoms with van der Waals surface area (Å²) in [5.41, 5.74) is 2.65. The number of aryl methyl sites for hydroxylation is 1. The zero-order chi connectivity index (χ0) is 12.7. The van der Waals surface area contributed by atoms with E-state index in [0.717, 1.165) is 13.1 Å². The number of hydrogen-bond donors (Lipinski definition) is 1. The molecule has 1 unspecified atom stereocenters. The summed E-state index contributed by atoms with van der Waals surface area (Å²) in [5, 5.41) is 3.45. The molecular formula is C15H26N2. The third-order valence-corrected chi connectivity index (χ3v) is 3.13. The van der Waals surface area contributed by atoms with Crippen LogP contribution in [-0.4, -0.2) is 26.2 Å². The van der Waals surface area contributed by atoms with Crippen molar-refractivity contribution in [1.82, 2.24) is 5.32 Å². The van der Waals surface area contributed by atoms with Gasteiger partial charge < -0.3 is 10.2 Å². The minimum absolute atomic E-state index is 0.630. The molecule has 1 aromatic rings. The van der Waals surface area contributed by atoms with E-state index in [9.17, 15) is 0 Å². The van der Waals surface area contributed by atoms with Crippen molar-refractivity contribution in [2.45, 2.75) is 39.7 Å². The highest BCUT2D eigenvalue weighted by Crippen LogP contribution is 2.14. The van der Waals surface area contributed by atoms with Gasteiger partial charge in [-0.3, -0.25) is 0 Å². The van der Waals surface area contributed by atoms with Crippen molar-refractivity contribution < 1.29 is 0 Å². The molecule has 0 heterocycles. The van der Waals surface area contributed by atoms with E-state index in [1.807, 2.05) is 0 Å². The van der Waals surface area contributed by atoms with Crippen molar-refractivity contribution in [3.05, 3.63) is 29.8 Å². The third kappa shape index (κ3) is 5.22. The average molecular weight is 234 g/mol. The Kier molecular flexibility index (Phi) is 6.06. The summed E-state index contributed by atoms with van der Waals surface area (Å²) in [4.78, 5) is 2.34. The Morgan fingerprint density at radius 3 is 2.76 bits per heavy atom. The number of nitrogens with one attached hydrogen (secondary N) is 1. The second-order valence-corrected chi connectivity index (χ2v) is 4.86. The highest BCUT2D eigenvalue weighted by atomic mass is 15.1. The first-order valence-corrected chi connectivity index (χ1v) is 6.64. The molecule has 2 nitrogen and oxygen atoms in total. The van der Waals surface area contributed by atoms with Gasteiger partial charge in [0.1, 0.15) is 0 Å². The fourth-order valence-corrected chi connectivity index (χ4v) is 2.08. The van der Waals surface area contributed by atoms with Gasteiger partial charge in [0.2, 0.25) is 0 Å². The van der Waals surface area contributed by atoms with Crippen LogP contribution in [0.3, 0.4) is 0 Å². The molecule has 0 aliphatic rings. The molecule has 96 valence electrons. The van der Waals surface area contributed by atoms with E-state index in [0.29, 0.717) is 6.04 Å².